The molecule has 0 unspecified atom stereocenters. The first kappa shape index (κ1) is 12.2. The van der Waals surface area contributed by atoms with Crippen molar-refractivity contribution < 1.29 is 4.57 Å². The third-order valence-corrected chi connectivity index (χ3v) is 3.22. The van der Waals surface area contributed by atoms with E-state index < -0.39 is 0 Å². The zero-order chi connectivity index (χ0) is 12.3. The van der Waals surface area contributed by atoms with Gasteiger partial charge in [-0.1, -0.05) is 29.3 Å². The number of aromatic nitrogens is 1. The average molecular weight is 265 g/mol. The molecule has 86 valence electrons. The van der Waals surface area contributed by atoms with Gasteiger partial charge in [-0.2, -0.15) is 0 Å². The van der Waals surface area contributed by atoms with Crippen LogP contribution in [0.3, 0.4) is 0 Å². The van der Waals surface area contributed by atoms with Crippen molar-refractivity contribution in [3.8, 4) is 0 Å². The first-order chi connectivity index (χ1) is 8.16. The zero-order valence-corrected chi connectivity index (χ0v) is 10.9. The third kappa shape index (κ3) is 3.09. The first-order valence-electron chi connectivity index (χ1n) is 5.24. The maximum Gasteiger partial charge on any atom is 0.204 e. The van der Waals surface area contributed by atoms with E-state index in [-0.39, 0.29) is 0 Å². The summed E-state index contributed by atoms with van der Waals surface area (Å²) in [7, 11) is 2.01. The van der Waals surface area contributed by atoms with E-state index in [1.54, 1.807) is 6.07 Å². The summed E-state index contributed by atoms with van der Waals surface area (Å²) in [5, 5.41) is 1.15. The molecule has 0 saturated heterocycles. The Hall–Kier alpha value is -1.31. The average Bonchev–Trinajstić information content (AvgIpc) is 2.32. The summed E-state index contributed by atoms with van der Waals surface area (Å²) in [4.78, 5) is 0. The second kappa shape index (κ2) is 5.35. The lowest BCUT2D eigenvalue weighted by Gasteiger charge is -1.97. The molecule has 0 aliphatic carbocycles. The number of nitrogens with zero attached hydrogens (tertiary/aromatic N) is 1. The second-order valence-corrected chi connectivity index (χ2v) is 4.56. The highest BCUT2D eigenvalue weighted by Crippen LogP contribution is 2.23. The highest BCUT2D eigenvalue weighted by atomic mass is 35.5. The van der Waals surface area contributed by atoms with Gasteiger partial charge in [0.05, 0.1) is 10.0 Å². The molecule has 17 heavy (non-hydrogen) atoms. The van der Waals surface area contributed by atoms with Gasteiger partial charge in [0.2, 0.25) is 5.69 Å². The third-order valence-electron chi connectivity index (χ3n) is 2.49. The van der Waals surface area contributed by atoms with Crippen LogP contribution in [-0.4, -0.2) is 0 Å². The van der Waals surface area contributed by atoms with Crippen LogP contribution in [0.5, 0.6) is 0 Å². The molecular weight excluding hydrogens is 253 g/mol. The van der Waals surface area contributed by atoms with E-state index in [1.807, 2.05) is 60.3 Å². The van der Waals surface area contributed by atoms with Crippen LogP contribution >= 0.6 is 23.2 Å². The Bertz CT molecular complexity index is 562. The van der Waals surface area contributed by atoms with Gasteiger partial charge in [-0.15, -0.1) is 0 Å². The maximum absolute atomic E-state index is 5.96. The van der Waals surface area contributed by atoms with Crippen molar-refractivity contribution >= 4 is 35.4 Å². The van der Waals surface area contributed by atoms with Crippen LogP contribution < -0.4 is 4.57 Å². The first-order valence-corrected chi connectivity index (χ1v) is 6.00. The van der Waals surface area contributed by atoms with Gasteiger partial charge in [0.25, 0.3) is 0 Å². The minimum atomic E-state index is 0.575. The largest absolute Gasteiger partial charge is 0.204 e. The Morgan fingerprint density at radius 2 is 1.82 bits per heavy atom. The molecule has 2 rings (SSSR count). The molecule has 0 aliphatic rings. The van der Waals surface area contributed by atoms with Crippen molar-refractivity contribution in [2.75, 3.05) is 0 Å². The van der Waals surface area contributed by atoms with Crippen LogP contribution in [0.4, 0.5) is 0 Å². The van der Waals surface area contributed by atoms with E-state index in [0.717, 1.165) is 11.3 Å². The van der Waals surface area contributed by atoms with Crippen molar-refractivity contribution in [1.82, 2.24) is 0 Å². The highest BCUT2D eigenvalue weighted by Gasteiger charge is 2.00. The number of rotatable bonds is 2. The van der Waals surface area contributed by atoms with Crippen LogP contribution in [-0.2, 0) is 7.05 Å². The van der Waals surface area contributed by atoms with Gasteiger partial charge in [0.1, 0.15) is 7.05 Å². The molecule has 0 N–H and O–H groups in total. The Morgan fingerprint density at radius 3 is 2.53 bits per heavy atom. The maximum atomic E-state index is 5.96. The van der Waals surface area contributed by atoms with Crippen LogP contribution in [0.2, 0.25) is 10.0 Å². The predicted molar refractivity (Wildman–Crippen MR) is 73.0 cm³/mol. The van der Waals surface area contributed by atoms with Crippen LogP contribution in [0.15, 0.2) is 42.6 Å². The van der Waals surface area contributed by atoms with Gasteiger partial charge >= 0.3 is 0 Å². The fourth-order valence-electron chi connectivity index (χ4n) is 1.51. The van der Waals surface area contributed by atoms with Gasteiger partial charge in [-0.25, -0.2) is 4.57 Å². The molecule has 1 aromatic carbocycles. The normalized spacial score (nSPS) is 11.0. The highest BCUT2D eigenvalue weighted by molar-refractivity contribution is 6.42. The van der Waals surface area contributed by atoms with Gasteiger partial charge in [-0.3, -0.25) is 0 Å². The van der Waals surface area contributed by atoms with E-state index in [9.17, 15) is 0 Å². The minimum absolute atomic E-state index is 0.575. The minimum Gasteiger partial charge on any atom is -0.202 e. The number of pyridine rings is 1. The van der Waals surface area contributed by atoms with E-state index in [2.05, 4.69) is 0 Å². The molecule has 1 aromatic heterocycles. The summed E-state index contributed by atoms with van der Waals surface area (Å²) in [6.07, 6.45) is 6.06. The molecule has 1 heterocycles. The Balaban J connectivity index is 2.26. The molecule has 0 fully saturated rings. The molecule has 0 bridgehead atoms. The lowest BCUT2D eigenvalue weighted by molar-refractivity contribution is -0.673. The Labute approximate surface area is 111 Å². The molecule has 2 aromatic rings. The fourth-order valence-corrected chi connectivity index (χ4v) is 1.81. The summed E-state index contributed by atoms with van der Waals surface area (Å²) in [6.45, 7) is 0. The summed E-state index contributed by atoms with van der Waals surface area (Å²) in [6, 6.07) is 11.6. The van der Waals surface area contributed by atoms with E-state index in [1.165, 1.54) is 0 Å². The number of aryl methyl sites for hydroxylation is 1. The van der Waals surface area contributed by atoms with Crippen molar-refractivity contribution in [3.05, 3.63) is 63.9 Å². The molecule has 1 nitrogen and oxygen atoms in total. The standard InChI is InChI=1S/C14H12Cl2N/c1-17-9-3-2-4-12(17)7-5-11-6-8-13(15)14(16)10-11/h2-10H,1H3/q+1/b7-5+. The Kier molecular flexibility index (Phi) is 3.82. The van der Waals surface area contributed by atoms with Gasteiger partial charge < -0.3 is 0 Å². The predicted octanol–water partition coefficient (Wildman–Crippen LogP) is 3.99. The number of halogens is 2. The summed E-state index contributed by atoms with van der Waals surface area (Å²) < 4.78 is 2.05. The van der Waals surface area contributed by atoms with Crippen LogP contribution in [0.1, 0.15) is 11.3 Å². The molecule has 0 saturated carbocycles. The number of hydrogen-bond acceptors (Lipinski definition) is 0. The monoisotopic (exact) mass is 264 g/mol. The van der Waals surface area contributed by atoms with Crippen molar-refractivity contribution in [2.24, 2.45) is 7.05 Å². The van der Waals surface area contributed by atoms with Gasteiger partial charge in [0, 0.05) is 18.2 Å². The molecule has 3 heteroatoms. The molecule has 0 aliphatic heterocycles. The van der Waals surface area contributed by atoms with E-state index in [4.69, 9.17) is 23.2 Å². The molecule has 0 amide bonds. The quantitative estimate of drug-likeness (QED) is 0.723. The topological polar surface area (TPSA) is 3.88 Å². The number of benzene rings is 1. The molecule has 0 atom stereocenters. The SMILES string of the molecule is C[n+]1ccccc1/C=C/c1ccc(Cl)c(Cl)c1. The molecule has 0 radical (unpaired) electrons. The smallest absolute Gasteiger partial charge is 0.202 e. The zero-order valence-electron chi connectivity index (χ0n) is 9.40. The second-order valence-electron chi connectivity index (χ2n) is 3.74. The lowest BCUT2D eigenvalue weighted by Crippen LogP contribution is -2.30. The van der Waals surface area contributed by atoms with Crippen molar-refractivity contribution in [1.29, 1.82) is 0 Å². The number of hydrogen-bond donors (Lipinski definition) is 0. The van der Waals surface area contributed by atoms with Crippen LogP contribution in [0, 0.1) is 0 Å². The van der Waals surface area contributed by atoms with Gasteiger partial charge in [0.15, 0.2) is 6.20 Å². The fraction of sp³-hybridized carbons (Fsp3) is 0.0714. The van der Waals surface area contributed by atoms with Crippen LogP contribution in [0.25, 0.3) is 12.2 Å². The lowest BCUT2D eigenvalue weighted by atomic mass is 10.2. The summed E-state index contributed by atoms with van der Waals surface area (Å²) in [5.74, 6) is 0. The summed E-state index contributed by atoms with van der Waals surface area (Å²) >= 11 is 11.8. The Morgan fingerprint density at radius 1 is 1.00 bits per heavy atom. The molecule has 0 spiro atoms. The van der Waals surface area contributed by atoms with Crippen molar-refractivity contribution in [3.63, 3.8) is 0 Å². The molecular formula is C14H12Cl2N+. The van der Waals surface area contributed by atoms with Crippen molar-refractivity contribution in [2.45, 2.75) is 0 Å². The van der Waals surface area contributed by atoms with Gasteiger partial charge in [-0.05, 0) is 29.8 Å². The summed E-state index contributed by atoms with van der Waals surface area (Å²) in [5.41, 5.74) is 2.15. The van der Waals surface area contributed by atoms with E-state index in [0.29, 0.717) is 10.0 Å². The van der Waals surface area contributed by atoms with E-state index >= 15 is 0 Å².